The quantitative estimate of drug-likeness (QED) is 0.450. The molecule has 1 aromatic heterocycles. The third kappa shape index (κ3) is 4.35. The third-order valence-corrected chi connectivity index (χ3v) is 6.24. The molecule has 1 heterocycles. The van der Waals surface area contributed by atoms with Gasteiger partial charge in [-0.3, -0.25) is 4.79 Å². The molecule has 0 spiro atoms. The highest BCUT2D eigenvalue weighted by atomic mass is 32.2. The largest absolute Gasteiger partial charge is 0.305 e. The average Bonchev–Trinajstić information content (AvgIpc) is 2.93. The van der Waals surface area contributed by atoms with Crippen LogP contribution >= 0.6 is 23.1 Å². The number of carbonyl (C=O) groups excluding carboxylic acids is 1. The van der Waals surface area contributed by atoms with Gasteiger partial charge < -0.3 is 4.57 Å². The molecule has 138 valence electrons. The second-order valence-corrected chi connectivity index (χ2v) is 9.34. The molecule has 27 heavy (non-hydrogen) atoms. The molecule has 0 aliphatic carbocycles. The number of thioether (sulfide) groups is 1. The van der Waals surface area contributed by atoms with E-state index in [1.165, 1.54) is 22.5 Å². The van der Waals surface area contributed by atoms with Gasteiger partial charge in [0, 0.05) is 15.7 Å². The summed E-state index contributed by atoms with van der Waals surface area (Å²) in [6.45, 7) is 8.79. The molecule has 0 N–H and O–H groups in total. The van der Waals surface area contributed by atoms with Gasteiger partial charge in [-0.2, -0.15) is 4.99 Å². The van der Waals surface area contributed by atoms with Gasteiger partial charge in [-0.25, -0.2) is 0 Å². The summed E-state index contributed by atoms with van der Waals surface area (Å²) in [7, 11) is 0. The van der Waals surface area contributed by atoms with Crippen LogP contribution in [0.25, 0.3) is 10.2 Å². The summed E-state index contributed by atoms with van der Waals surface area (Å²) in [6.07, 6.45) is 5.57. The Morgan fingerprint density at radius 3 is 2.78 bits per heavy atom. The average molecular weight is 395 g/mol. The molecular formula is C22H22N2OS2. The maximum absolute atomic E-state index is 12.8. The van der Waals surface area contributed by atoms with Crippen LogP contribution in [0.4, 0.5) is 0 Å². The van der Waals surface area contributed by atoms with Crippen molar-refractivity contribution in [3.63, 3.8) is 0 Å². The molecule has 0 saturated carbocycles. The molecule has 0 radical (unpaired) electrons. The fraction of sp³-hybridized carbons (Fsp3) is 0.273. The Morgan fingerprint density at radius 1 is 1.30 bits per heavy atom. The molecule has 5 heteroatoms. The lowest BCUT2D eigenvalue weighted by atomic mass is 10.1. The monoisotopic (exact) mass is 394 g/mol. The van der Waals surface area contributed by atoms with E-state index in [1.807, 2.05) is 28.8 Å². The topological polar surface area (TPSA) is 34.4 Å². The minimum Gasteiger partial charge on any atom is -0.305 e. The van der Waals surface area contributed by atoms with E-state index in [2.05, 4.69) is 50.7 Å². The van der Waals surface area contributed by atoms with Gasteiger partial charge in [-0.05, 0) is 49.2 Å². The van der Waals surface area contributed by atoms with Gasteiger partial charge in [0.2, 0.25) is 0 Å². The second-order valence-electron chi connectivity index (χ2n) is 6.72. The second kappa shape index (κ2) is 8.16. The number of hydrogen-bond acceptors (Lipinski definition) is 3. The number of amides is 1. The molecule has 0 aliphatic rings. The van der Waals surface area contributed by atoms with E-state index >= 15 is 0 Å². The van der Waals surface area contributed by atoms with E-state index < -0.39 is 0 Å². The van der Waals surface area contributed by atoms with Crippen LogP contribution in [-0.4, -0.2) is 15.7 Å². The van der Waals surface area contributed by atoms with Crippen LogP contribution in [0.5, 0.6) is 0 Å². The first-order chi connectivity index (χ1) is 12.9. The number of carbonyl (C=O) groups is 1. The highest BCUT2D eigenvalue weighted by molar-refractivity contribution is 7.99. The lowest BCUT2D eigenvalue weighted by molar-refractivity contribution is 0.0997. The summed E-state index contributed by atoms with van der Waals surface area (Å²) in [5.41, 5.74) is 3.97. The first kappa shape index (κ1) is 19.5. The van der Waals surface area contributed by atoms with Crippen LogP contribution in [0.15, 0.2) is 46.3 Å². The molecule has 0 unspecified atom stereocenters. The zero-order chi connectivity index (χ0) is 19.6. The van der Waals surface area contributed by atoms with Gasteiger partial charge >= 0.3 is 0 Å². The van der Waals surface area contributed by atoms with Crippen molar-refractivity contribution in [2.24, 2.45) is 4.99 Å². The summed E-state index contributed by atoms with van der Waals surface area (Å²) in [4.78, 5) is 18.9. The molecule has 3 aromatic rings. The van der Waals surface area contributed by atoms with Crippen LogP contribution in [0.3, 0.4) is 0 Å². The third-order valence-electron chi connectivity index (χ3n) is 4.01. The molecule has 0 fully saturated rings. The van der Waals surface area contributed by atoms with Crippen molar-refractivity contribution in [1.29, 1.82) is 0 Å². The molecule has 0 saturated heterocycles. The molecule has 0 aliphatic heterocycles. The van der Waals surface area contributed by atoms with E-state index in [4.69, 9.17) is 6.42 Å². The highest BCUT2D eigenvalue weighted by Gasteiger charge is 2.11. The minimum atomic E-state index is -0.243. The zero-order valence-corrected chi connectivity index (χ0v) is 17.6. The smallest absolute Gasteiger partial charge is 0.279 e. The van der Waals surface area contributed by atoms with E-state index in [1.54, 1.807) is 11.8 Å². The normalized spacial score (nSPS) is 11.9. The van der Waals surface area contributed by atoms with Gasteiger partial charge in [-0.1, -0.05) is 43.2 Å². The first-order valence-corrected chi connectivity index (χ1v) is 10.5. The van der Waals surface area contributed by atoms with Crippen LogP contribution in [0.1, 0.15) is 35.3 Å². The van der Waals surface area contributed by atoms with E-state index in [0.29, 0.717) is 22.2 Å². The van der Waals surface area contributed by atoms with Crippen LogP contribution < -0.4 is 4.80 Å². The summed E-state index contributed by atoms with van der Waals surface area (Å²) in [5.74, 6) is 2.44. The Labute approximate surface area is 168 Å². The first-order valence-electron chi connectivity index (χ1n) is 8.79. The number of nitrogens with zero attached hydrogens (tertiary/aromatic N) is 2. The van der Waals surface area contributed by atoms with E-state index in [-0.39, 0.29) is 5.91 Å². The van der Waals surface area contributed by atoms with Gasteiger partial charge in [0.15, 0.2) is 4.80 Å². The van der Waals surface area contributed by atoms with Gasteiger partial charge in [0.1, 0.15) is 0 Å². The Morgan fingerprint density at radius 2 is 2.07 bits per heavy atom. The molecule has 0 atom stereocenters. The van der Waals surface area contributed by atoms with Crippen molar-refractivity contribution >= 4 is 39.2 Å². The maximum Gasteiger partial charge on any atom is 0.279 e. The van der Waals surface area contributed by atoms with Crippen molar-refractivity contribution < 1.29 is 4.79 Å². The Hall–Kier alpha value is -2.29. The molecule has 2 aromatic carbocycles. The number of hydrogen-bond donors (Lipinski definition) is 0. The number of rotatable bonds is 4. The number of benzene rings is 2. The fourth-order valence-electron chi connectivity index (χ4n) is 2.97. The predicted molar refractivity (Wildman–Crippen MR) is 115 cm³/mol. The number of aromatic nitrogens is 1. The lowest BCUT2D eigenvalue weighted by Gasteiger charge is -2.05. The molecule has 1 amide bonds. The molecule has 0 bridgehead atoms. The SMILES string of the molecule is C#CCn1c(=NC(=O)c2cccc(SC(C)C)c2)sc2c(C)cc(C)cc21. The summed E-state index contributed by atoms with van der Waals surface area (Å²) in [6, 6.07) is 11.9. The predicted octanol–water partition coefficient (Wildman–Crippen LogP) is 5.19. The number of terminal acetylenes is 1. The Balaban J connectivity index is 2.10. The standard InChI is InChI=1S/C22H22N2OS2/c1-6-10-24-19-12-15(4)11-16(5)20(19)27-22(24)23-21(25)17-8-7-9-18(13-17)26-14(2)3/h1,7-9,11-14H,10H2,2-5H3. The summed E-state index contributed by atoms with van der Waals surface area (Å²) < 4.78 is 3.07. The number of fused-ring (bicyclic) bond motifs is 1. The number of thiazole rings is 1. The van der Waals surface area contributed by atoms with Gasteiger partial charge in [0.25, 0.3) is 5.91 Å². The van der Waals surface area contributed by atoms with Crippen LogP contribution in [0, 0.1) is 26.2 Å². The Bertz CT molecular complexity index is 1110. The van der Waals surface area contributed by atoms with Crippen molar-refractivity contribution in [2.75, 3.05) is 0 Å². The highest BCUT2D eigenvalue weighted by Crippen LogP contribution is 2.25. The van der Waals surface area contributed by atoms with Crippen molar-refractivity contribution in [2.45, 2.75) is 44.4 Å². The lowest BCUT2D eigenvalue weighted by Crippen LogP contribution is -2.16. The van der Waals surface area contributed by atoms with Crippen LogP contribution in [0.2, 0.25) is 0 Å². The fourth-order valence-corrected chi connectivity index (χ4v) is 4.94. The van der Waals surface area contributed by atoms with Crippen molar-refractivity contribution in [3.05, 3.63) is 57.9 Å². The summed E-state index contributed by atoms with van der Waals surface area (Å²) >= 11 is 3.24. The van der Waals surface area contributed by atoms with Crippen molar-refractivity contribution in [1.82, 2.24) is 4.57 Å². The zero-order valence-electron chi connectivity index (χ0n) is 15.9. The number of aryl methyl sites for hydroxylation is 2. The van der Waals surface area contributed by atoms with E-state index in [9.17, 15) is 4.79 Å². The van der Waals surface area contributed by atoms with Gasteiger partial charge in [0.05, 0.1) is 16.8 Å². The molecular weight excluding hydrogens is 372 g/mol. The summed E-state index contributed by atoms with van der Waals surface area (Å²) in [5, 5.41) is 0.457. The maximum atomic E-state index is 12.8. The molecule has 3 rings (SSSR count). The van der Waals surface area contributed by atoms with Crippen LogP contribution in [-0.2, 0) is 6.54 Å². The Kier molecular flexibility index (Phi) is 5.88. The van der Waals surface area contributed by atoms with E-state index in [0.717, 1.165) is 15.1 Å². The van der Waals surface area contributed by atoms with Crippen molar-refractivity contribution in [3.8, 4) is 12.3 Å². The minimum absolute atomic E-state index is 0.243. The van der Waals surface area contributed by atoms with Gasteiger partial charge in [-0.15, -0.1) is 18.2 Å². The molecule has 3 nitrogen and oxygen atoms in total.